The molecule has 130 valence electrons. The summed E-state index contributed by atoms with van der Waals surface area (Å²) in [6, 6.07) is -0.0329. The number of amides is 3. The van der Waals surface area contributed by atoms with Crippen LogP contribution in [0.4, 0.5) is 4.79 Å². The van der Waals surface area contributed by atoms with Crippen LogP contribution in [-0.4, -0.2) is 74.2 Å². The third-order valence-corrected chi connectivity index (χ3v) is 4.22. The lowest BCUT2D eigenvalue weighted by Gasteiger charge is -2.34. The number of hydrogen-bond donors (Lipinski definition) is 2. The molecule has 3 amide bonds. The van der Waals surface area contributed by atoms with Crippen molar-refractivity contribution in [2.24, 2.45) is 5.73 Å². The SMILES string of the molecule is CN(CC(N)=O)CC1CN(C(=O)NCCC2=CCCC2)CCO1. The van der Waals surface area contributed by atoms with Gasteiger partial charge in [0.25, 0.3) is 0 Å². The zero-order valence-corrected chi connectivity index (χ0v) is 13.9. The van der Waals surface area contributed by atoms with Gasteiger partial charge in [0.2, 0.25) is 5.91 Å². The van der Waals surface area contributed by atoms with Crippen LogP contribution >= 0.6 is 0 Å². The number of hydrogen-bond acceptors (Lipinski definition) is 4. The first-order valence-electron chi connectivity index (χ1n) is 8.33. The van der Waals surface area contributed by atoms with Crippen LogP contribution in [0.25, 0.3) is 0 Å². The summed E-state index contributed by atoms with van der Waals surface area (Å²) in [5, 5.41) is 2.99. The highest BCUT2D eigenvalue weighted by atomic mass is 16.5. The molecule has 1 atom stereocenters. The lowest BCUT2D eigenvalue weighted by Crippen LogP contribution is -2.52. The van der Waals surface area contributed by atoms with Gasteiger partial charge in [-0.05, 0) is 32.7 Å². The summed E-state index contributed by atoms with van der Waals surface area (Å²) in [6.45, 7) is 3.13. The van der Waals surface area contributed by atoms with Gasteiger partial charge in [-0.25, -0.2) is 4.79 Å². The Morgan fingerprint density at radius 1 is 1.52 bits per heavy atom. The number of rotatable bonds is 7. The first-order valence-corrected chi connectivity index (χ1v) is 8.33. The van der Waals surface area contributed by atoms with Crippen molar-refractivity contribution in [1.29, 1.82) is 0 Å². The second kappa shape index (κ2) is 8.88. The van der Waals surface area contributed by atoms with Gasteiger partial charge < -0.3 is 20.7 Å². The monoisotopic (exact) mass is 324 g/mol. The minimum Gasteiger partial charge on any atom is -0.373 e. The molecule has 7 nitrogen and oxygen atoms in total. The Labute approximate surface area is 137 Å². The van der Waals surface area contributed by atoms with Crippen LogP contribution in [0, 0.1) is 0 Å². The van der Waals surface area contributed by atoms with Crippen LogP contribution in [0.2, 0.25) is 0 Å². The van der Waals surface area contributed by atoms with Crippen molar-refractivity contribution in [3.63, 3.8) is 0 Å². The predicted molar refractivity (Wildman–Crippen MR) is 88.0 cm³/mol. The molecule has 0 aromatic carbocycles. The number of carbonyl (C=O) groups excluding carboxylic acids is 2. The van der Waals surface area contributed by atoms with Crippen molar-refractivity contribution in [3.8, 4) is 0 Å². The van der Waals surface area contributed by atoms with Crippen molar-refractivity contribution in [2.75, 3.05) is 46.4 Å². The molecule has 1 unspecified atom stereocenters. The highest BCUT2D eigenvalue weighted by Crippen LogP contribution is 2.19. The molecule has 0 saturated carbocycles. The third-order valence-electron chi connectivity index (χ3n) is 4.22. The van der Waals surface area contributed by atoms with Gasteiger partial charge in [-0.15, -0.1) is 0 Å². The number of likely N-dealkylation sites (N-methyl/N-ethyl adjacent to an activating group) is 1. The summed E-state index contributed by atoms with van der Waals surface area (Å²) in [7, 11) is 1.82. The second-order valence-electron chi connectivity index (χ2n) is 6.34. The molecule has 2 rings (SSSR count). The van der Waals surface area contributed by atoms with E-state index in [9.17, 15) is 9.59 Å². The molecule has 1 saturated heterocycles. The van der Waals surface area contributed by atoms with E-state index in [1.807, 2.05) is 11.9 Å². The van der Waals surface area contributed by atoms with E-state index in [0.717, 1.165) is 6.42 Å². The van der Waals surface area contributed by atoms with Gasteiger partial charge in [-0.2, -0.15) is 0 Å². The molecule has 23 heavy (non-hydrogen) atoms. The fourth-order valence-electron chi connectivity index (χ4n) is 3.10. The first-order chi connectivity index (χ1) is 11.0. The van der Waals surface area contributed by atoms with Gasteiger partial charge in [0, 0.05) is 26.2 Å². The standard InChI is InChI=1S/C16H28N4O3/c1-19(12-15(17)21)10-14-11-20(8-9-23-14)16(22)18-7-6-13-4-2-3-5-13/h4,14H,2-3,5-12H2,1H3,(H2,17,21)(H,18,22). The molecule has 0 aromatic heterocycles. The smallest absolute Gasteiger partial charge is 0.317 e. The molecule has 0 spiro atoms. The number of allylic oxidation sites excluding steroid dienone is 1. The lowest BCUT2D eigenvalue weighted by atomic mass is 10.2. The molecular formula is C16H28N4O3. The van der Waals surface area contributed by atoms with E-state index in [-0.39, 0.29) is 24.6 Å². The summed E-state index contributed by atoms with van der Waals surface area (Å²) < 4.78 is 5.67. The molecule has 3 N–H and O–H groups in total. The Kier molecular flexibility index (Phi) is 6.85. The molecule has 0 radical (unpaired) electrons. The van der Waals surface area contributed by atoms with Crippen LogP contribution in [0.1, 0.15) is 25.7 Å². The van der Waals surface area contributed by atoms with Gasteiger partial charge in [-0.3, -0.25) is 9.69 Å². The number of primary amides is 1. The number of ether oxygens (including phenoxy) is 1. The van der Waals surface area contributed by atoms with Gasteiger partial charge >= 0.3 is 6.03 Å². The summed E-state index contributed by atoms with van der Waals surface area (Å²) in [5.41, 5.74) is 6.64. The Hall–Kier alpha value is -1.60. The maximum absolute atomic E-state index is 12.2. The highest BCUT2D eigenvalue weighted by Gasteiger charge is 2.25. The third kappa shape index (κ3) is 6.19. The quantitative estimate of drug-likeness (QED) is 0.660. The van der Waals surface area contributed by atoms with Crippen molar-refractivity contribution in [2.45, 2.75) is 31.8 Å². The number of morpholine rings is 1. The zero-order valence-electron chi connectivity index (χ0n) is 13.9. The predicted octanol–water partition coefficient (Wildman–Crippen LogP) is 0.314. The van der Waals surface area contributed by atoms with E-state index in [1.165, 1.54) is 24.8 Å². The Morgan fingerprint density at radius 2 is 2.35 bits per heavy atom. The fraction of sp³-hybridized carbons (Fsp3) is 0.750. The summed E-state index contributed by atoms with van der Waals surface area (Å²) >= 11 is 0. The van der Waals surface area contributed by atoms with Crippen LogP contribution in [0.5, 0.6) is 0 Å². The molecule has 1 heterocycles. The number of urea groups is 1. The summed E-state index contributed by atoms with van der Waals surface area (Å²) in [5.74, 6) is -0.362. The van der Waals surface area contributed by atoms with Crippen molar-refractivity contribution >= 4 is 11.9 Å². The number of carbonyl (C=O) groups is 2. The van der Waals surface area contributed by atoms with Gasteiger partial charge in [0.15, 0.2) is 0 Å². The largest absolute Gasteiger partial charge is 0.373 e. The molecular weight excluding hydrogens is 296 g/mol. The van der Waals surface area contributed by atoms with E-state index >= 15 is 0 Å². The van der Waals surface area contributed by atoms with E-state index in [4.69, 9.17) is 10.5 Å². The first kappa shape index (κ1) is 17.7. The molecule has 1 aliphatic carbocycles. The van der Waals surface area contributed by atoms with Crippen LogP contribution < -0.4 is 11.1 Å². The topological polar surface area (TPSA) is 87.9 Å². The van der Waals surface area contributed by atoms with Crippen LogP contribution in [-0.2, 0) is 9.53 Å². The molecule has 0 aromatic rings. The molecule has 1 aliphatic heterocycles. The van der Waals surface area contributed by atoms with Crippen LogP contribution in [0.15, 0.2) is 11.6 Å². The Balaban J connectivity index is 1.69. The van der Waals surface area contributed by atoms with Crippen molar-refractivity contribution in [3.05, 3.63) is 11.6 Å². The highest BCUT2D eigenvalue weighted by molar-refractivity contribution is 5.76. The minimum absolute atomic E-state index is 0.0329. The van der Waals surface area contributed by atoms with Crippen molar-refractivity contribution < 1.29 is 14.3 Å². The fourth-order valence-corrected chi connectivity index (χ4v) is 3.10. The molecule has 2 aliphatic rings. The van der Waals surface area contributed by atoms with Gasteiger partial charge in [0.05, 0.1) is 19.3 Å². The van der Waals surface area contributed by atoms with Crippen molar-refractivity contribution in [1.82, 2.24) is 15.1 Å². The Bertz CT molecular complexity index is 453. The maximum Gasteiger partial charge on any atom is 0.317 e. The lowest BCUT2D eigenvalue weighted by molar-refractivity contribution is -0.119. The normalized spacial score (nSPS) is 21.4. The number of nitrogens with one attached hydrogen (secondary N) is 1. The van der Waals surface area contributed by atoms with E-state index in [0.29, 0.717) is 32.8 Å². The summed E-state index contributed by atoms with van der Waals surface area (Å²) in [4.78, 5) is 26.8. The second-order valence-corrected chi connectivity index (χ2v) is 6.34. The van der Waals surface area contributed by atoms with Gasteiger partial charge in [-0.1, -0.05) is 11.6 Å². The van der Waals surface area contributed by atoms with Crippen LogP contribution in [0.3, 0.4) is 0 Å². The van der Waals surface area contributed by atoms with E-state index in [2.05, 4.69) is 11.4 Å². The zero-order chi connectivity index (χ0) is 16.7. The summed E-state index contributed by atoms with van der Waals surface area (Å²) in [6.07, 6.45) is 6.73. The average molecular weight is 324 g/mol. The minimum atomic E-state index is -0.362. The molecule has 7 heteroatoms. The van der Waals surface area contributed by atoms with E-state index < -0.39 is 0 Å². The number of nitrogens with two attached hydrogens (primary N) is 1. The molecule has 1 fully saturated rings. The number of nitrogens with zero attached hydrogens (tertiary/aromatic N) is 2. The maximum atomic E-state index is 12.2. The van der Waals surface area contributed by atoms with E-state index in [1.54, 1.807) is 4.90 Å². The Morgan fingerprint density at radius 3 is 3.04 bits per heavy atom. The van der Waals surface area contributed by atoms with Gasteiger partial charge in [0.1, 0.15) is 0 Å². The molecule has 0 bridgehead atoms. The average Bonchev–Trinajstić information content (AvgIpc) is 2.99.